The van der Waals surface area contributed by atoms with E-state index in [-0.39, 0.29) is 5.41 Å². The zero-order valence-electron chi connectivity index (χ0n) is 35.5. The first-order valence-corrected chi connectivity index (χ1v) is 21.2. The summed E-state index contributed by atoms with van der Waals surface area (Å²) in [6, 6.07) is 33.6. The Morgan fingerprint density at radius 1 is 0.768 bits per heavy atom. The first-order chi connectivity index (χ1) is 27.0. The molecular formula is C52H62N3O+. The highest BCUT2D eigenvalue weighted by Crippen LogP contribution is 2.46. The van der Waals surface area contributed by atoms with Crippen LogP contribution in [0.3, 0.4) is 0 Å². The molecular weight excluding hydrogens is 683 g/mol. The van der Waals surface area contributed by atoms with Crippen LogP contribution in [-0.2, 0) is 12.0 Å². The number of aryl methyl sites for hydroxylation is 2. The maximum Gasteiger partial charge on any atom is 0.216 e. The second kappa shape index (κ2) is 16.3. The Balaban J connectivity index is 1.31. The minimum absolute atomic E-state index is 0.0339. The monoisotopic (exact) mass is 744 g/mol. The third-order valence-electron chi connectivity index (χ3n) is 12.9. The van der Waals surface area contributed by atoms with Gasteiger partial charge in [-0.1, -0.05) is 142 Å². The molecule has 0 aliphatic heterocycles. The van der Waals surface area contributed by atoms with Gasteiger partial charge in [-0.15, -0.1) is 0 Å². The molecule has 290 valence electrons. The lowest BCUT2D eigenvalue weighted by atomic mass is 9.64. The number of fused-ring (bicyclic) bond motifs is 3. The summed E-state index contributed by atoms with van der Waals surface area (Å²) >= 11 is 0. The average molecular weight is 745 g/mol. The first-order valence-electron chi connectivity index (χ1n) is 21.2. The number of nitrogens with zero attached hydrogens (tertiary/aromatic N) is 3. The maximum absolute atomic E-state index is 6.66. The Kier molecular flexibility index (Phi) is 11.4. The van der Waals surface area contributed by atoms with E-state index in [9.17, 15) is 0 Å². The molecule has 0 amide bonds. The van der Waals surface area contributed by atoms with Gasteiger partial charge in [0.05, 0.1) is 11.3 Å². The SMILES string of the molecule is CCC(C)C(CC)(CCC[n+]1ccc(C(C)C)cc1-c1c(C)ccc2c1oc1ccccc12)c1ccccc1-c1nccn1-c1c(C(C)C)cccc1C(C)C. The zero-order valence-corrected chi connectivity index (χ0v) is 35.5. The topological polar surface area (TPSA) is 34.8 Å². The fourth-order valence-corrected chi connectivity index (χ4v) is 9.42. The number of hydrogen-bond acceptors (Lipinski definition) is 2. The van der Waals surface area contributed by atoms with Crippen LogP contribution in [0.2, 0.25) is 0 Å². The predicted octanol–water partition coefficient (Wildman–Crippen LogP) is 14.2. The van der Waals surface area contributed by atoms with E-state index in [4.69, 9.17) is 9.40 Å². The van der Waals surface area contributed by atoms with Gasteiger partial charge in [0.2, 0.25) is 5.69 Å². The molecule has 2 unspecified atom stereocenters. The molecule has 4 aromatic carbocycles. The van der Waals surface area contributed by atoms with Crippen LogP contribution < -0.4 is 4.57 Å². The molecule has 0 aliphatic carbocycles. The number of hydrogen-bond donors (Lipinski definition) is 0. The smallest absolute Gasteiger partial charge is 0.216 e. The molecule has 0 fully saturated rings. The molecule has 0 aliphatic rings. The molecule has 0 bridgehead atoms. The van der Waals surface area contributed by atoms with E-state index < -0.39 is 0 Å². The van der Waals surface area contributed by atoms with Gasteiger partial charge in [0.1, 0.15) is 23.5 Å². The van der Waals surface area contributed by atoms with Gasteiger partial charge in [0.25, 0.3) is 0 Å². The summed E-state index contributed by atoms with van der Waals surface area (Å²) in [6.07, 6.45) is 10.8. The van der Waals surface area contributed by atoms with Crippen LogP contribution in [0, 0.1) is 12.8 Å². The maximum atomic E-state index is 6.66. The van der Waals surface area contributed by atoms with Crippen LogP contribution in [-0.4, -0.2) is 9.55 Å². The van der Waals surface area contributed by atoms with Crippen molar-refractivity contribution in [2.75, 3.05) is 0 Å². The number of pyridine rings is 1. The van der Waals surface area contributed by atoms with E-state index in [1.165, 1.54) is 61.1 Å². The molecule has 56 heavy (non-hydrogen) atoms. The molecule has 3 heterocycles. The second-order valence-electron chi connectivity index (χ2n) is 17.1. The summed E-state index contributed by atoms with van der Waals surface area (Å²) in [6.45, 7) is 24.2. The lowest BCUT2D eigenvalue weighted by molar-refractivity contribution is -0.686. The van der Waals surface area contributed by atoms with E-state index in [0.717, 1.165) is 49.2 Å². The number of benzene rings is 4. The zero-order chi connectivity index (χ0) is 39.7. The summed E-state index contributed by atoms with van der Waals surface area (Å²) in [7, 11) is 0. The van der Waals surface area contributed by atoms with Crippen molar-refractivity contribution in [3.05, 3.63) is 137 Å². The third-order valence-corrected chi connectivity index (χ3v) is 12.9. The van der Waals surface area contributed by atoms with E-state index >= 15 is 0 Å². The molecule has 0 saturated carbocycles. The van der Waals surface area contributed by atoms with Crippen molar-refractivity contribution >= 4 is 21.9 Å². The lowest BCUT2D eigenvalue weighted by Crippen LogP contribution is -2.39. The number of para-hydroxylation sites is 2. The Labute approximate surface area is 335 Å². The molecule has 4 heteroatoms. The van der Waals surface area contributed by atoms with Crippen LogP contribution in [0.4, 0.5) is 0 Å². The van der Waals surface area contributed by atoms with Gasteiger partial charge >= 0.3 is 0 Å². The van der Waals surface area contributed by atoms with E-state index in [1.54, 1.807) is 0 Å². The van der Waals surface area contributed by atoms with Gasteiger partial charge < -0.3 is 4.42 Å². The number of aromatic nitrogens is 3. The highest BCUT2D eigenvalue weighted by molar-refractivity contribution is 6.09. The molecule has 7 aromatic rings. The van der Waals surface area contributed by atoms with Gasteiger partial charge in [0, 0.05) is 47.3 Å². The van der Waals surface area contributed by atoms with Gasteiger partial charge in [0.15, 0.2) is 6.20 Å². The minimum atomic E-state index is -0.0339. The fourth-order valence-electron chi connectivity index (χ4n) is 9.42. The molecule has 4 nitrogen and oxygen atoms in total. The average Bonchev–Trinajstić information content (AvgIpc) is 3.84. The fraction of sp³-hybridized carbons (Fsp3) is 0.385. The predicted molar refractivity (Wildman–Crippen MR) is 236 cm³/mol. The van der Waals surface area contributed by atoms with Crippen molar-refractivity contribution in [2.24, 2.45) is 5.92 Å². The molecule has 0 spiro atoms. The summed E-state index contributed by atoms with van der Waals surface area (Å²) in [5.74, 6) is 2.72. The largest absolute Gasteiger partial charge is 0.455 e. The standard InChI is InChI=1S/C52H62N3O/c1-11-38(10)52(12-2,45-23-15-13-20-44(45)51-53-29-32-55(51)49-40(35(5)6)21-17-22-41(49)36(7)8)28-18-30-54-31-27-39(34(3)4)33-46(54)48-37(9)25-26-43-42-19-14-16-24-47(42)56-50(43)48/h13-17,19-27,29,31-36,38H,11-12,18,28,30H2,1-10H3/q+1. The van der Waals surface area contributed by atoms with Crippen molar-refractivity contribution < 1.29 is 8.98 Å². The second-order valence-corrected chi connectivity index (χ2v) is 17.1. The number of imidazole rings is 1. The summed E-state index contributed by atoms with van der Waals surface area (Å²) in [5, 5.41) is 2.35. The molecule has 2 atom stereocenters. The van der Waals surface area contributed by atoms with E-state index in [1.807, 2.05) is 6.20 Å². The van der Waals surface area contributed by atoms with Crippen molar-refractivity contribution in [3.63, 3.8) is 0 Å². The minimum Gasteiger partial charge on any atom is -0.455 e. The normalized spacial score (nSPS) is 13.7. The van der Waals surface area contributed by atoms with Gasteiger partial charge in [-0.2, -0.15) is 4.57 Å². The van der Waals surface area contributed by atoms with E-state index in [2.05, 4.69) is 182 Å². The summed E-state index contributed by atoms with van der Waals surface area (Å²) in [4.78, 5) is 5.15. The molecule has 0 radical (unpaired) electrons. The van der Waals surface area contributed by atoms with Crippen molar-refractivity contribution in [1.29, 1.82) is 0 Å². The number of rotatable bonds is 14. The summed E-state index contributed by atoms with van der Waals surface area (Å²) in [5.41, 5.74) is 13.6. The Hall–Kier alpha value is -4.96. The Morgan fingerprint density at radius 2 is 1.48 bits per heavy atom. The molecule has 3 aromatic heterocycles. The number of furan rings is 1. The van der Waals surface area contributed by atoms with Crippen LogP contribution in [0.25, 0.3) is 50.3 Å². The Bertz CT molecular complexity index is 2430. The summed E-state index contributed by atoms with van der Waals surface area (Å²) < 4.78 is 11.5. The van der Waals surface area contributed by atoms with Gasteiger partial charge in [-0.3, -0.25) is 4.57 Å². The Morgan fingerprint density at radius 3 is 2.18 bits per heavy atom. The van der Waals surface area contributed by atoms with Crippen molar-refractivity contribution in [2.45, 2.75) is 125 Å². The van der Waals surface area contributed by atoms with Crippen LogP contribution in [0.1, 0.15) is 134 Å². The molecule has 0 N–H and O–H groups in total. The van der Waals surface area contributed by atoms with Crippen molar-refractivity contribution in [1.82, 2.24) is 9.55 Å². The van der Waals surface area contributed by atoms with Gasteiger partial charge in [-0.25, -0.2) is 4.98 Å². The van der Waals surface area contributed by atoms with Crippen molar-refractivity contribution in [3.8, 4) is 28.3 Å². The van der Waals surface area contributed by atoms with Crippen LogP contribution in [0.5, 0.6) is 0 Å². The quantitative estimate of drug-likeness (QED) is 0.104. The van der Waals surface area contributed by atoms with Crippen LogP contribution >= 0.6 is 0 Å². The lowest BCUT2D eigenvalue weighted by Gasteiger charge is -2.40. The third kappa shape index (κ3) is 7.01. The van der Waals surface area contributed by atoms with E-state index in [0.29, 0.717) is 23.7 Å². The van der Waals surface area contributed by atoms with Gasteiger partial charge in [-0.05, 0) is 82.7 Å². The highest BCUT2D eigenvalue weighted by atomic mass is 16.3. The molecule has 0 saturated heterocycles. The highest BCUT2D eigenvalue weighted by Gasteiger charge is 2.38. The first kappa shape index (κ1) is 39.3. The molecule has 7 rings (SSSR count). The van der Waals surface area contributed by atoms with Crippen LogP contribution in [0.15, 0.2) is 114 Å².